The van der Waals surface area contributed by atoms with Gasteiger partial charge in [-0.2, -0.15) is 9.61 Å². The van der Waals surface area contributed by atoms with Gasteiger partial charge in [0.25, 0.3) is 5.91 Å². The Bertz CT molecular complexity index is 1170. The molecule has 9 heteroatoms. The van der Waals surface area contributed by atoms with Crippen molar-refractivity contribution < 1.29 is 9.53 Å². The Morgan fingerprint density at radius 1 is 1.10 bits per heavy atom. The van der Waals surface area contributed by atoms with Gasteiger partial charge in [0.15, 0.2) is 11.4 Å². The van der Waals surface area contributed by atoms with Crippen LogP contribution in [-0.2, 0) is 4.79 Å². The fourth-order valence-electron chi connectivity index (χ4n) is 2.65. The molecule has 0 spiro atoms. The zero-order chi connectivity index (χ0) is 20.6. The second-order valence-electron chi connectivity index (χ2n) is 6.95. The van der Waals surface area contributed by atoms with Gasteiger partial charge in [-0.15, -0.1) is 10.2 Å². The van der Waals surface area contributed by atoms with Gasteiger partial charge in [-0.1, -0.05) is 22.9 Å². The van der Waals surface area contributed by atoms with Gasteiger partial charge in [0.2, 0.25) is 4.96 Å². The van der Waals surface area contributed by atoms with Crippen molar-refractivity contribution in [2.45, 2.75) is 26.4 Å². The SMILES string of the molecule is Cc1nnc2sc(-c3ccc(NC(=O)C(C)(C)Oc4ccc(Cl)cc4)cc3)nn12. The van der Waals surface area contributed by atoms with Crippen LogP contribution >= 0.6 is 22.9 Å². The zero-order valence-corrected chi connectivity index (χ0v) is 17.6. The average molecular weight is 428 g/mol. The standard InChI is InChI=1S/C20H18ClN5O2S/c1-12-23-24-19-26(12)25-17(29-19)13-4-8-15(9-5-13)22-18(27)20(2,3)28-16-10-6-14(21)7-11-16/h4-11H,1-3H3,(H,22,27). The number of benzene rings is 2. The highest BCUT2D eigenvalue weighted by atomic mass is 35.5. The summed E-state index contributed by atoms with van der Waals surface area (Å²) < 4.78 is 7.54. The number of hydrogen-bond acceptors (Lipinski definition) is 6. The highest BCUT2D eigenvalue weighted by molar-refractivity contribution is 7.19. The van der Waals surface area contributed by atoms with Crippen LogP contribution in [0.2, 0.25) is 5.02 Å². The molecule has 0 radical (unpaired) electrons. The van der Waals surface area contributed by atoms with Gasteiger partial charge in [0.05, 0.1) is 0 Å². The molecule has 0 saturated heterocycles. The predicted molar refractivity (Wildman–Crippen MR) is 114 cm³/mol. The molecule has 148 valence electrons. The lowest BCUT2D eigenvalue weighted by molar-refractivity contribution is -0.128. The summed E-state index contributed by atoms with van der Waals surface area (Å²) in [6.07, 6.45) is 0. The van der Waals surface area contributed by atoms with Crippen LogP contribution in [0.3, 0.4) is 0 Å². The number of aromatic nitrogens is 4. The van der Waals surface area contributed by atoms with Crippen LogP contribution < -0.4 is 10.1 Å². The van der Waals surface area contributed by atoms with Crippen molar-refractivity contribution >= 4 is 39.5 Å². The van der Waals surface area contributed by atoms with Crippen molar-refractivity contribution in [1.29, 1.82) is 0 Å². The molecule has 0 bridgehead atoms. The van der Waals surface area contributed by atoms with Gasteiger partial charge < -0.3 is 10.1 Å². The molecule has 0 fully saturated rings. The predicted octanol–water partition coefficient (Wildman–Crippen LogP) is 4.61. The Kier molecular flexibility index (Phi) is 4.97. The fraction of sp³-hybridized carbons (Fsp3) is 0.200. The molecule has 1 amide bonds. The number of nitrogens with one attached hydrogen (secondary N) is 1. The van der Waals surface area contributed by atoms with E-state index in [0.717, 1.165) is 21.4 Å². The summed E-state index contributed by atoms with van der Waals surface area (Å²) in [5, 5.41) is 16.9. The molecule has 0 aliphatic carbocycles. The molecule has 0 unspecified atom stereocenters. The molecule has 7 nitrogen and oxygen atoms in total. The molecule has 0 aliphatic rings. The Hall–Kier alpha value is -2.97. The van der Waals surface area contributed by atoms with Crippen LogP contribution in [0.15, 0.2) is 48.5 Å². The average Bonchev–Trinajstić information content (AvgIpc) is 3.26. The van der Waals surface area contributed by atoms with Crippen molar-refractivity contribution in [2.75, 3.05) is 5.32 Å². The van der Waals surface area contributed by atoms with Crippen molar-refractivity contribution in [1.82, 2.24) is 19.8 Å². The summed E-state index contributed by atoms with van der Waals surface area (Å²) in [4.78, 5) is 13.4. The van der Waals surface area contributed by atoms with Gasteiger partial charge in [-0.05, 0) is 69.3 Å². The van der Waals surface area contributed by atoms with E-state index in [-0.39, 0.29) is 5.91 Å². The van der Waals surface area contributed by atoms with E-state index in [9.17, 15) is 4.79 Å². The number of fused-ring (bicyclic) bond motifs is 1. The summed E-state index contributed by atoms with van der Waals surface area (Å²) in [6.45, 7) is 5.29. The maximum atomic E-state index is 12.7. The van der Waals surface area contributed by atoms with E-state index in [2.05, 4.69) is 20.6 Å². The van der Waals surface area contributed by atoms with Crippen LogP contribution in [0.25, 0.3) is 15.5 Å². The number of nitrogens with zero attached hydrogens (tertiary/aromatic N) is 4. The van der Waals surface area contributed by atoms with Crippen molar-refractivity contribution in [3.63, 3.8) is 0 Å². The molecule has 4 rings (SSSR count). The molecule has 4 aromatic rings. The van der Waals surface area contributed by atoms with Crippen molar-refractivity contribution in [2.24, 2.45) is 0 Å². The third-order valence-electron chi connectivity index (χ3n) is 4.27. The summed E-state index contributed by atoms with van der Waals surface area (Å²) in [7, 11) is 0. The first-order valence-electron chi connectivity index (χ1n) is 8.87. The first kappa shape index (κ1) is 19.4. The quantitative estimate of drug-likeness (QED) is 0.503. The molecule has 2 aromatic heterocycles. The van der Waals surface area contributed by atoms with Gasteiger partial charge in [0, 0.05) is 16.3 Å². The topological polar surface area (TPSA) is 81.4 Å². The van der Waals surface area contributed by atoms with Crippen molar-refractivity contribution in [3.05, 3.63) is 59.4 Å². The molecule has 2 aromatic carbocycles. The second-order valence-corrected chi connectivity index (χ2v) is 8.34. The minimum Gasteiger partial charge on any atom is -0.478 e. The lowest BCUT2D eigenvalue weighted by atomic mass is 10.1. The molecular weight excluding hydrogens is 410 g/mol. The smallest absolute Gasteiger partial charge is 0.267 e. The van der Waals surface area contributed by atoms with Gasteiger partial charge in [0.1, 0.15) is 10.8 Å². The lowest BCUT2D eigenvalue weighted by Gasteiger charge is -2.25. The normalized spacial score (nSPS) is 11.6. The van der Waals surface area contributed by atoms with E-state index in [4.69, 9.17) is 16.3 Å². The first-order chi connectivity index (χ1) is 13.8. The third kappa shape index (κ3) is 4.08. The summed E-state index contributed by atoms with van der Waals surface area (Å²) >= 11 is 7.35. The summed E-state index contributed by atoms with van der Waals surface area (Å²) in [5.74, 6) is 1.06. The molecule has 29 heavy (non-hydrogen) atoms. The number of carbonyl (C=O) groups is 1. The molecule has 0 atom stereocenters. The van der Waals surface area contributed by atoms with Crippen LogP contribution in [0.1, 0.15) is 19.7 Å². The summed E-state index contributed by atoms with van der Waals surface area (Å²) in [6, 6.07) is 14.4. The monoisotopic (exact) mass is 427 g/mol. The summed E-state index contributed by atoms with van der Waals surface area (Å²) in [5.41, 5.74) is 0.553. The number of anilines is 1. The van der Waals surface area contributed by atoms with E-state index in [0.29, 0.717) is 16.5 Å². The van der Waals surface area contributed by atoms with E-state index in [1.165, 1.54) is 11.3 Å². The van der Waals surface area contributed by atoms with Crippen LogP contribution in [-0.4, -0.2) is 31.3 Å². The van der Waals surface area contributed by atoms with Gasteiger partial charge >= 0.3 is 0 Å². The highest BCUT2D eigenvalue weighted by Crippen LogP contribution is 2.27. The highest BCUT2D eigenvalue weighted by Gasteiger charge is 2.30. The number of carbonyl (C=O) groups excluding carboxylic acids is 1. The number of hydrogen-bond donors (Lipinski definition) is 1. The number of halogens is 1. The molecule has 1 N–H and O–H groups in total. The van der Waals surface area contributed by atoms with E-state index in [1.807, 2.05) is 31.2 Å². The largest absolute Gasteiger partial charge is 0.478 e. The second kappa shape index (κ2) is 7.46. The molecule has 0 aliphatic heterocycles. The lowest BCUT2D eigenvalue weighted by Crippen LogP contribution is -2.42. The van der Waals surface area contributed by atoms with Crippen LogP contribution in [0.5, 0.6) is 5.75 Å². The van der Waals surface area contributed by atoms with Crippen LogP contribution in [0.4, 0.5) is 5.69 Å². The molecular formula is C20H18ClN5O2S. The first-order valence-corrected chi connectivity index (χ1v) is 10.1. The van der Waals surface area contributed by atoms with E-state index in [1.54, 1.807) is 42.6 Å². The number of rotatable bonds is 5. The number of ether oxygens (including phenoxy) is 1. The zero-order valence-electron chi connectivity index (χ0n) is 16.0. The Balaban J connectivity index is 1.45. The van der Waals surface area contributed by atoms with E-state index >= 15 is 0 Å². The van der Waals surface area contributed by atoms with Crippen LogP contribution in [0, 0.1) is 6.92 Å². The third-order valence-corrected chi connectivity index (χ3v) is 5.47. The molecule has 2 heterocycles. The van der Waals surface area contributed by atoms with E-state index < -0.39 is 5.60 Å². The maximum Gasteiger partial charge on any atom is 0.267 e. The fourth-order valence-corrected chi connectivity index (χ4v) is 3.67. The maximum absolute atomic E-state index is 12.7. The Labute approximate surface area is 176 Å². The number of amides is 1. The minimum absolute atomic E-state index is 0.255. The van der Waals surface area contributed by atoms with Gasteiger partial charge in [-0.3, -0.25) is 4.79 Å². The minimum atomic E-state index is -1.06. The number of aryl methyl sites for hydroxylation is 1. The Morgan fingerprint density at radius 2 is 1.79 bits per heavy atom. The van der Waals surface area contributed by atoms with Crippen molar-refractivity contribution in [3.8, 4) is 16.3 Å². The Morgan fingerprint density at radius 3 is 2.45 bits per heavy atom. The van der Waals surface area contributed by atoms with Gasteiger partial charge in [-0.25, -0.2) is 0 Å². The molecule has 0 saturated carbocycles.